The summed E-state index contributed by atoms with van der Waals surface area (Å²) in [6, 6.07) is 22.3. The number of benzene rings is 3. The van der Waals surface area contributed by atoms with E-state index in [-0.39, 0.29) is 0 Å². The van der Waals surface area contributed by atoms with Gasteiger partial charge in [0.1, 0.15) is 29.3 Å². The number of carbonyl (C=O) groups is 1. The number of aromatic amines is 1. The van der Waals surface area contributed by atoms with Gasteiger partial charge in [-0.1, -0.05) is 31.2 Å². The smallest absolute Gasteiger partial charge is 0.412 e. The van der Waals surface area contributed by atoms with Gasteiger partial charge in [-0.3, -0.25) is 10.2 Å². The third-order valence-corrected chi connectivity index (χ3v) is 6.99. The number of amides is 1. The second-order valence-corrected chi connectivity index (χ2v) is 11.1. The first-order chi connectivity index (χ1) is 19.3. The number of hydrogen-bond acceptors (Lipinski definition) is 6. The standard InChI is InChI=1S/C32H39N5O3/c1-5-23-8-6-9-24(22-23)30-34-27-10-7-11-28(29(27)35-30)37-18-16-36(17-19-37)20-21-39-26-14-12-25(13-15-26)33-31(38)40-32(2,3)4/h6-15,22H,5,16-21H2,1-4H3,(H,33,38)(H,34,35). The Morgan fingerprint density at radius 1 is 1.00 bits per heavy atom. The third-order valence-electron chi connectivity index (χ3n) is 6.99. The molecule has 1 saturated heterocycles. The van der Waals surface area contributed by atoms with E-state index >= 15 is 0 Å². The Kier molecular flexibility index (Phi) is 8.26. The maximum Gasteiger partial charge on any atom is 0.412 e. The van der Waals surface area contributed by atoms with E-state index < -0.39 is 11.7 Å². The van der Waals surface area contributed by atoms with Crippen LogP contribution in [0.25, 0.3) is 22.4 Å². The number of rotatable bonds is 8. The molecule has 0 atom stereocenters. The van der Waals surface area contributed by atoms with Gasteiger partial charge in [0.25, 0.3) is 0 Å². The van der Waals surface area contributed by atoms with E-state index in [1.807, 2.05) is 45.0 Å². The van der Waals surface area contributed by atoms with Crippen LogP contribution in [0.4, 0.5) is 16.2 Å². The van der Waals surface area contributed by atoms with E-state index in [2.05, 4.69) is 69.5 Å². The van der Waals surface area contributed by atoms with Gasteiger partial charge in [0.2, 0.25) is 0 Å². The van der Waals surface area contributed by atoms with Crippen molar-refractivity contribution < 1.29 is 14.3 Å². The topological polar surface area (TPSA) is 82.7 Å². The molecule has 4 aromatic rings. The Morgan fingerprint density at radius 2 is 1.75 bits per heavy atom. The predicted molar refractivity (Wildman–Crippen MR) is 161 cm³/mol. The Hall–Kier alpha value is -4.04. The molecule has 40 heavy (non-hydrogen) atoms. The molecule has 0 aliphatic carbocycles. The van der Waals surface area contributed by atoms with Crippen LogP contribution in [0.3, 0.4) is 0 Å². The van der Waals surface area contributed by atoms with Gasteiger partial charge in [0.05, 0.1) is 11.2 Å². The number of anilines is 2. The molecule has 8 heteroatoms. The molecule has 0 spiro atoms. The van der Waals surface area contributed by atoms with Crippen molar-refractivity contribution in [2.45, 2.75) is 39.7 Å². The van der Waals surface area contributed by atoms with Crippen molar-refractivity contribution in [2.75, 3.05) is 49.5 Å². The monoisotopic (exact) mass is 541 g/mol. The molecule has 1 amide bonds. The lowest BCUT2D eigenvalue weighted by Crippen LogP contribution is -2.47. The van der Waals surface area contributed by atoms with Gasteiger partial charge >= 0.3 is 6.09 Å². The van der Waals surface area contributed by atoms with Crippen LogP contribution in [0.1, 0.15) is 33.3 Å². The van der Waals surface area contributed by atoms with Crippen molar-refractivity contribution in [3.63, 3.8) is 0 Å². The van der Waals surface area contributed by atoms with Gasteiger partial charge in [0.15, 0.2) is 0 Å². The largest absolute Gasteiger partial charge is 0.492 e. The number of aromatic nitrogens is 2. The average molecular weight is 542 g/mol. The normalized spacial score (nSPS) is 14.3. The zero-order valence-corrected chi connectivity index (χ0v) is 23.9. The molecule has 1 aliphatic rings. The molecule has 0 radical (unpaired) electrons. The van der Waals surface area contributed by atoms with E-state index in [9.17, 15) is 4.79 Å². The molecule has 3 aromatic carbocycles. The molecular weight excluding hydrogens is 502 g/mol. The van der Waals surface area contributed by atoms with Crippen molar-refractivity contribution in [3.05, 3.63) is 72.3 Å². The Morgan fingerprint density at radius 3 is 2.48 bits per heavy atom. The van der Waals surface area contributed by atoms with Gasteiger partial charge in [-0.15, -0.1) is 0 Å². The van der Waals surface area contributed by atoms with Gasteiger partial charge in [-0.25, -0.2) is 9.78 Å². The molecule has 1 aliphatic heterocycles. The number of aryl methyl sites for hydroxylation is 1. The molecule has 1 aromatic heterocycles. The summed E-state index contributed by atoms with van der Waals surface area (Å²) in [6.07, 6.45) is 0.542. The van der Waals surface area contributed by atoms with E-state index in [1.165, 1.54) is 11.3 Å². The zero-order valence-electron chi connectivity index (χ0n) is 23.9. The predicted octanol–water partition coefficient (Wildman–Crippen LogP) is 6.34. The van der Waals surface area contributed by atoms with Crippen LogP contribution in [-0.4, -0.2) is 65.9 Å². The quantitative estimate of drug-likeness (QED) is 0.271. The maximum atomic E-state index is 11.9. The van der Waals surface area contributed by atoms with Crippen LogP contribution in [0.15, 0.2) is 66.7 Å². The van der Waals surface area contributed by atoms with Crippen LogP contribution in [0, 0.1) is 0 Å². The summed E-state index contributed by atoms with van der Waals surface area (Å²) in [5, 5.41) is 2.74. The van der Waals surface area contributed by atoms with Gasteiger partial charge in [-0.05, 0) is 75.2 Å². The maximum absolute atomic E-state index is 11.9. The van der Waals surface area contributed by atoms with E-state index in [0.29, 0.717) is 12.3 Å². The van der Waals surface area contributed by atoms with Crippen LogP contribution in [0.2, 0.25) is 0 Å². The number of ether oxygens (including phenoxy) is 2. The highest BCUT2D eigenvalue weighted by Gasteiger charge is 2.20. The van der Waals surface area contributed by atoms with Crippen LogP contribution >= 0.6 is 0 Å². The number of H-pyrrole nitrogens is 1. The Labute approximate surface area is 236 Å². The van der Waals surface area contributed by atoms with Gasteiger partial charge in [-0.2, -0.15) is 0 Å². The van der Waals surface area contributed by atoms with E-state index in [0.717, 1.165) is 67.3 Å². The SMILES string of the molecule is CCc1cccc(-c2nc3c(N4CCN(CCOc5ccc(NC(=O)OC(C)(C)C)cc5)CC4)cccc3[nH]2)c1. The minimum atomic E-state index is -0.532. The van der Waals surface area contributed by atoms with Crippen molar-refractivity contribution >= 4 is 28.5 Å². The number of para-hydroxylation sites is 1. The van der Waals surface area contributed by atoms with Crippen molar-refractivity contribution in [3.8, 4) is 17.1 Å². The first-order valence-corrected chi connectivity index (χ1v) is 14.1. The van der Waals surface area contributed by atoms with E-state index in [4.69, 9.17) is 14.5 Å². The summed E-state index contributed by atoms with van der Waals surface area (Å²) in [5.41, 5.74) is 5.85. The minimum absolute atomic E-state index is 0.467. The van der Waals surface area contributed by atoms with Gasteiger partial charge in [0, 0.05) is 44.0 Å². The van der Waals surface area contributed by atoms with Crippen LogP contribution < -0.4 is 15.0 Å². The number of nitrogens with one attached hydrogen (secondary N) is 2. The molecule has 5 rings (SSSR count). The number of piperazine rings is 1. The fourth-order valence-electron chi connectivity index (χ4n) is 4.91. The zero-order chi connectivity index (χ0) is 28.1. The molecule has 210 valence electrons. The van der Waals surface area contributed by atoms with Crippen LogP contribution in [-0.2, 0) is 11.2 Å². The summed E-state index contributed by atoms with van der Waals surface area (Å²) in [6.45, 7) is 13.0. The average Bonchev–Trinajstić information content (AvgIpc) is 3.38. The van der Waals surface area contributed by atoms with Crippen molar-refractivity contribution in [1.82, 2.24) is 14.9 Å². The number of nitrogens with zero attached hydrogens (tertiary/aromatic N) is 3. The van der Waals surface area contributed by atoms with Crippen LogP contribution in [0.5, 0.6) is 5.75 Å². The summed E-state index contributed by atoms with van der Waals surface area (Å²) in [5.74, 6) is 1.70. The number of hydrogen-bond donors (Lipinski definition) is 2. The minimum Gasteiger partial charge on any atom is -0.492 e. The lowest BCUT2D eigenvalue weighted by molar-refractivity contribution is 0.0636. The lowest BCUT2D eigenvalue weighted by atomic mass is 10.1. The highest BCUT2D eigenvalue weighted by atomic mass is 16.6. The fraction of sp³-hybridized carbons (Fsp3) is 0.375. The summed E-state index contributed by atoms with van der Waals surface area (Å²) >= 11 is 0. The van der Waals surface area contributed by atoms with Gasteiger partial charge < -0.3 is 19.4 Å². The molecule has 0 unspecified atom stereocenters. The molecule has 0 saturated carbocycles. The molecule has 0 bridgehead atoms. The van der Waals surface area contributed by atoms with Crippen molar-refractivity contribution in [1.29, 1.82) is 0 Å². The van der Waals surface area contributed by atoms with E-state index in [1.54, 1.807) is 0 Å². The second-order valence-electron chi connectivity index (χ2n) is 11.1. The molecule has 1 fully saturated rings. The summed E-state index contributed by atoms with van der Waals surface area (Å²) < 4.78 is 11.3. The summed E-state index contributed by atoms with van der Waals surface area (Å²) in [7, 11) is 0. The first-order valence-electron chi connectivity index (χ1n) is 14.1. The number of fused-ring (bicyclic) bond motifs is 1. The third kappa shape index (κ3) is 6.93. The highest BCUT2D eigenvalue weighted by Crippen LogP contribution is 2.29. The Bertz CT molecular complexity index is 1430. The fourth-order valence-corrected chi connectivity index (χ4v) is 4.91. The molecule has 2 heterocycles. The number of imidazole rings is 1. The molecule has 8 nitrogen and oxygen atoms in total. The lowest BCUT2D eigenvalue weighted by Gasteiger charge is -2.36. The highest BCUT2D eigenvalue weighted by molar-refractivity contribution is 5.91. The number of carbonyl (C=O) groups excluding carboxylic acids is 1. The van der Waals surface area contributed by atoms with Crippen molar-refractivity contribution in [2.24, 2.45) is 0 Å². The molecular formula is C32H39N5O3. The summed E-state index contributed by atoms with van der Waals surface area (Å²) in [4.78, 5) is 25.3. The molecule has 2 N–H and O–H groups in total. The first kappa shape index (κ1) is 27.5. The second kappa shape index (κ2) is 12.0. The Balaban J connectivity index is 1.12.